The number of halogens is 6. The molecule has 1 atom stereocenters. The van der Waals surface area contributed by atoms with Gasteiger partial charge in [-0.3, -0.25) is 15.2 Å². The van der Waals surface area contributed by atoms with Crippen LogP contribution in [0.25, 0.3) is 11.1 Å². The van der Waals surface area contributed by atoms with E-state index >= 15 is 0 Å². The maximum absolute atomic E-state index is 14.6. The van der Waals surface area contributed by atoms with E-state index in [1.165, 1.54) is 13.0 Å². The first-order valence-electron chi connectivity index (χ1n) is 8.59. The average molecular weight is 467 g/mol. The fraction of sp³-hybridized carbons (Fsp3) is 0.278. The van der Waals surface area contributed by atoms with Crippen molar-refractivity contribution in [3.63, 3.8) is 0 Å². The van der Waals surface area contributed by atoms with Crippen LogP contribution in [0, 0.1) is 11.6 Å². The Hall–Kier alpha value is -3.15. The molecule has 0 aliphatic rings. The first-order chi connectivity index (χ1) is 14.6. The van der Waals surface area contributed by atoms with Crippen molar-refractivity contribution in [2.24, 2.45) is 0 Å². The lowest BCUT2D eigenvalue weighted by Gasteiger charge is -2.17. The smallest absolute Gasteiger partial charge is 0.334 e. The number of nitrogens with zero attached hydrogens (tertiary/aromatic N) is 1. The summed E-state index contributed by atoms with van der Waals surface area (Å²) >= 11 is 5.81. The van der Waals surface area contributed by atoms with E-state index in [0.717, 1.165) is 18.3 Å². The van der Waals surface area contributed by atoms with Gasteiger partial charge in [-0.25, -0.2) is 32.2 Å². The van der Waals surface area contributed by atoms with Crippen molar-refractivity contribution >= 4 is 23.5 Å². The largest absolute Gasteiger partial charge is 0.484 e. The molecule has 7 nitrogen and oxygen atoms in total. The van der Waals surface area contributed by atoms with Crippen molar-refractivity contribution in [2.45, 2.75) is 19.4 Å². The van der Waals surface area contributed by atoms with E-state index in [0.29, 0.717) is 0 Å². The van der Waals surface area contributed by atoms with Crippen LogP contribution in [0.4, 0.5) is 26.7 Å². The summed E-state index contributed by atoms with van der Waals surface area (Å²) in [7, 11) is 0. The summed E-state index contributed by atoms with van der Waals surface area (Å²) in [6.07, 6.45) is -1.76. The molecule has 0 saturated heterocycles. The van der Waals surface area contributed by atoms with Crippen molar-refractivity contribution in [1.29, 1.82) is 0 Å². The molecule has 2 aromatic rings. The number of amides is 3. The molecule has 0 bridgehead atoms. The zero-order valence-corrected chi connectivity index (χ0v) is 16.6. The number of hydrazine groups is 1. The predicted molar refractivity (Wildman–Crippen MR) is 100 cm³/mol. The van der Waals surface area contributed by atoms with Crippen LogP contribution >= 0.6 is 11.6 Å². The molecule has 13 heteroatoms. The van der Waals surface area contributed by atoms with Crippen LogP contribution in [0.1, 0.15) is 18.7 Å². The molecule has 0 radical (unpaired) electrons. The average Bonchev–Trinajstić information content (AvgIpc) is 2.70. The maximum atomic E-state index is 14.6. The molecule has 31 heavy (non-hydrogen) atoms. The van der Waals surface area contributed by atoms with Crippen LogP contribution in [0.2, 0.25) is 5.02 Å². The van der Waals surface area contributed by atoms with Crippen molar-refractivity contribution in [3.05, 3.63) is 46.7 Å². The first kappa shape index (κ1) is 24.1. The maximum Gasteiger partial charge on any atom is 0.334 e. The van der Waals surface area contributed by atoms with Crippen LogP contribution in [0.3, 0.4) is 0 Å². The van der Waals surface area contributed by atoms with Crippen molar-refractivity contribution in [2.75, 3.05) is 13.3 Å². The van der Waals surface area contributed by atoms with Gasteiger partial charge in [0.25, 0.3) is 12.3 Å². The van der Waals surface area contributed by atoms with Crippen molar-refractivity contribution in [3.8, 4) is 16.9 Å². The highest BCUT2D eigenvalue weighted by molar-refractivity contribution is 6.31. The molecule has 1 heterocycles. The minimum Gasteiger partial charge on any atom is -0.484 e. The number of rotatable bonds is 7. The normalized spacial score (nSPS) is 11.7. The van der Waals surface area contributed by atoms with Gasteiger partial charge in [-0.2, -0.15) is 0 Å². The van der Waals surface area contributed by atoms with Crippen LogP contribution in [-0.2, 0) is 4.79 Å². The zero-order chi connectivity index (χ0) is 23.1. The van der Waals surface area contributed by atoms with E-state index in [4.69, 9.17) is 16.3 Å². The third kappa shape index (κ3) is 6.67. The molecule has 3 N–H and O–H groups in total. The minimum atomic E-state index is -2.87. The number of hydrogen-bond donors (Lipinski definition) is 3. The number of pyridine rings is 1. The van der Waals surface area contributed by atoms with Crippen LogP contribution in [-0.4, -0.2) is 36.6 Å². The van der Waals surface area contributed by atoms with E-state index < -0.39 is 55.1 Å². The Morgan fingerprint density at radius 1 is 1.16 bits per heavy atom. The second-order valence-electron chi connectivity index (χ2n) is 6.06. The van der Waals surface area contributed by atoms with Gasteiger partial charge in [0.05, 0.1) is 11.7 Å². The topological polar surface area (TPSA) is 92.4 Å². The number of benzene rings is 1. The summed E-state index contributed by atoms with van der Waals surface area (Å²) in [5.41, 5.74) is 3.28. The third-order valence-corrected chi connectivity index (χ3v) is 3.96. The van der Waals surface area contributed by atoms with Crippen LogP contribution in [0.15, 0.2) is 24.4 Å². The highest BCUT2D eigenvalue weighted by Crippen LogP contribution is 2.36. The molecule has 0 spiro atoms. The Balaban J connectivity index is 2.24. The second kappa shape index (κ2) is 10.8. The number of urea groups is 1. The molecule has 3 amide bonds. The molecule has 1 unspecified atom stereocenters. The molecule has 2 rings (SSSR count). The van der Waals surface area contributed by atoms with Gasteiger partial charge in [0, 0.05) is 22.3 Å². The first-order valence-corrected chi connectivity index (χ1v) is 8.97. The summed E-state index contributed by atoms with van der Waals surface area (Å²) < 4.78 is 70.6. The monoisotopic (exact) mass is 466 g/mol. The second-order valence-corrected chi connectivity index (χ2v) is 6.50. The van der Waals surface area contributed by atoms with Gasteiger partial charge in [0.15, 0.2) is 18.2 Å². The molecular formula is C18H16ClF5N4O3. The Morgan fingerprint density at radius 3 is 2.48 bits per heavy atom. The Kier molecular flexibility index (Phi) is 8.37. The highest BCUT2D eigenvalue weighted by Gasteiger charge is 2.20. The molecule has 0 aliphatic heterocycles. The predicted octanol–water partition coefficient (Wildman–Crippen LogP) is 3.69. The van der Waals surface area contributed by atoms with E-state index in [2.05, 4.69) is 10.3 Å². The molecule has 0 fully saturated rings. The van der Waals surface area contributed by atoms with E-state index in [1.54, 1.807) is 5.43 Å². The Morgan fingerprint density at radius 2 is 1.87 bits per heavy atom. The Labute approximate surface area is 177 Å². The summed E-state index contributed by atoms with van der Waals surface area (Å²) in [6.45, 7) is -1.06. The molecular weight excluding hydrogens is 451 g/mol. The standard InChI is InChI=1S/C18H16ClF5N4O3/c1-8(26-18(30)28-27-15(29)5-20)16-12(21)2-9(6-25-16)11-3-10(19)4-13(22)17(11)31-7-14(23)24/h2-4,6,8,14H,5,7H2,1H3,(H,27,29)(H2,26,28,30). The van der Waals surface area contributed by atoms with Gasteiger partial charge < -0.3 is 10.1 Å². The van der Waals surface area contributed by atoms with Crippen LogP contribution in [0.5, 0.6) is 5.75 Å². The van der Waals surface area contributed by atoms with E-state index in [1.807, 2.05) is 5.43 Å². The van der Waals surface area contributed by atoms with Crippen LogP contribution < -0.4 is 20.9 Å². The van der Waals surface area contributed by atoms with Gasteiger partial charge in [-0.1, -0.05) is 11.6 Å². The fourth-order valence-electron chi connectivity index (χ4n) is 2.44. The fourth-order valence-corrected chi connectivity index (χ4v) is 2.65. The number of hydrogen-bond acceptors (Lipinski definition) is 4. The number of alkyl halides is 3. The zero-order valence-electron chi connectivity index (χ0n) is 15.8. The number of carbonyl (C=O) groups is 2. The SMILES string of the molecule is CC(NC(=O)NNC(=O)CF)c1ncc(-c2cc(Cl)cc(F)c2OCC(F)F)cc1F. The van der Waals surface area contributed by atoms with Crippen molar-refractivity contribution < 1.29 is 36.3 Å². The molecule has 1 aromatic heterocycles. The van der Waals surface area contributed by atoms with Crippen molar-refractivity contribution in [1.82, 2.24) is 21.2 Å². The van der Waals surface area contributed by atoms with E-state index in [-0.39, 0.29) is 21.8 Å². The third-order valence-electron chi connectivity index (χ3n) is 3.74. The molecule has 1 aromatic carbocycles. The van der Waals surface area contributed by atoms with Gasteiger partial charge in [0.1, 0.15) is 12.4 Å². The van der Waals surface area contributed by atoms with E-state index in [9.17, 15) is 31.5 Å². The lowest BCUT2D eigenvalue weighted by molar-refractivity contribution is -0.122. The highest BCUT2D eigenvalue weighted by atomic mass is 35.5. The lowest BCUT2D eigenvalue weighted by atomic mass is 10.0. The number of aromatic nitrogens is 1. The van der Waals surface area contributed by atoms with Gasteiger partial charge >= 0.3 is 6.03 Å². The minimum absolute atomic E-state index is 0.0150. The number of carbonyl (C=O) groups excluding carboxylic acids is 2. The molecule has 0 aliphatic carbocycles. The molecule has 0 saturated carbocycles. The summed E-state index contributed by atoms with van der Waals surface area (Å²) in [4.78, 5) is 26.3. The number of ether oxygens (including phenoxy) is 1. The summed E-state index contributed by atoms with van der Waals surface area (Å²) in [5, 5.41) is 2.18. The molecule has 168 valence electrons. The van der Waals surface area contributed by atoms with Gasteiger partial charge in [-0.15, -0.1) is 0 Å². The Bertz CT molecular complexity index is 964. The summed E-state index contributed by atoms with van der Waals surface area (Å²) in [5.74, 6) is -3.57. The summed E-state index contributed by atoms with van der Waals surface area (Å²) in [6, 6.07) is 1.03. The number of nitrogens with one attached hydrogen (secondary N) is 3. The quantitative estimate of drug-likeness (QED) is 0.429. The van der Waals surface area contributed by atoms with Gasteiger partial charge in [0.2, 0.25) is 0 Å². The lowest BCUT2D eigenvalue weighted by Crippen LogP contribution is -2.48. The van der Waals surface area contributed by atoms with Gasteiger partial charge in [-0.05, 0) is 25.1 Å².